The number of carbonyl (C=O) groups is 1. The van der Waals surface area contributed by atoms with Gasteiger partial charge in [-0.3, -0.25) is 4.57 Å². The molecule has 2 amide bonds. The number of thioether (sulfide) groups is 1. The molecular weight excluding hydrogens is 431 g/mol. The minimum absolute atomic E-state index is 0.0490. The number of carbonyl (C=O) groups excluding carboxylic acids is 1. The minimum atomic E-state index is -4.35. The average molecular weight is 451 g/mol. The lowest BCUT2D eigenvalue weighted by Crippen LogP contribution is -2.32. The van der Waals surface area contributed by atoms with Crippen molar-refractivity contribution >= 4 is 29.3 Å². The Labute approximate surface area is 180 Å². The second-order valence-electron chi connectivity index (χ2n) is 6.43. The van der Waals surface area contributed by atoms with Crippen molar-refractivity contribution in [3.8, 4) is 5.82 Å². The van der Waals surface area contributed by atoms with E-state index in [0.29, 0.717) is 30.4 Å². The Hall–Kier alpha value is -3.28. The molecule has 0 aliphatic carbocycles. The molecule has 12 heteroatoms. The number of rotatable bonds is 7. The van der Waals surface area contributed by atoms with Crippen molar-refractivity contribution in [1.29, 1.82) is 0 Å². The summed E-state index contributed by atoms with van der Waals surface area (Å²) in [5.41, 5.74) is -2.06. The SMILES string of the molecule is Cc1ncn(-c2cc(NCCNC(=O)Nc3ccc(SC(F)(F)F)cc3)ncn2)c1C. The van der Waals surface area contributed by atoms with Gasteiger partial charge < -0.3 is 16.0 Å². The largest absolute Gasteiger partial charge is 0.446 e. The van der Waals surface area contributed by atoms with Crippen molar-refractivity contribution in [1.82, 2.24) is 24.8 Å². The molecule has 3 N–H and O–H groups in total. The third-order valence-corrected chi connectivity index (χ3v) is 4.95. The van der Waals surface area contributed by atoms with E-state index in [0.717, 1.165) is 11.4 Å². The Morgan fingerprint density at radius 2 is 1.84 bits per heavy atom. The summed E-state index contributed by atoms with van der Waals surface area (Å²) in [6.45, 7) is 4.57. The highest BCUT2D eigenvalue weighted by atomic mass is 32.2. The maximum absolute atomic E-state index is 12.3. The second kappa shape index (κ2) is 9.69. The molecule has 164 valence electrons. The summed E-state index contributed by atoms with van der Waals surface area (Å²) in [6.07, 6.45) is 3.13. The van der Waals surface area contributed by atoms with Crippen LogP contribution < -0.4 is 16.0 Å². The number of urea groups is 1. The molecule has 2 heterocycles. The smallest absolute Gasteiger partial charge is 0.368 e. The van der Waals surface area contributed by atoms with Crippen molar-refractivity contribution < 1.29 is 18.0 Å². The Morgan fingerprint density at radius 1 is 1.10 bits per heavy atom. The van der Waals surface area contributed by atoms with Crippen LogP contribution >= 0.6 is 11.8 Å². The number of aromatic nitrogens is 4. The number of anilines is 2. The number of aryl methyl sites for hydroxylation is 1. The van der Waals surface area contributed by atoms with Crippen LogP contribution in [0.1, 0.15) is 11.4 Å². The molecule has 0 aliphatic heterocycles. The monoisotopic (exact) mass is 451 g/mol. The Morgan fingerprint density at radius 3 is 2.48 bits per heavy atom. The summed E-state index contributed by atoms with van der Waals surface area (Å²) >= 11 is -0.207. The first-order valence-electron chi connectivity index (χ1n) is 9.19. The molecule has 0 radical (unpaired) electrons. The molecule has 0 unspecified atom stereocenters. The van der Waals surface area contributed by atoms with Gasteiger partial charge in [0, 0.05) is 35.4 Å². The highest BCUT2D eigenvalue weighted by Crippen LogP contribution is 2.37. The fourth-order valence-corrected chi connectivity index (χ4v) is 3.13. The Bertz CT molecular complexity index is 1040. The number of alkyl halides is 3. The molecule has 0 saturated carbocycles. The minimum Gasteiger partial charge on any atom is -0.368 e. The van der Waals surface area contributed by atoms with Gasteiger partial charge in [-0.25, -0.2) is 19.7 Å². The van der Waals surface area contributed by atoms with Gasteiger partial charge in [-0.1, -0.05) is 0 Å². The molecule has 3 rings (SSSR count). The van der Waals surface area contributed by atoms with Crippen LogP contribution in [0.3, 0.4) is 0 Å². The summed E-state index contributed by atoms with van der Waals surface area (Å²) in [5, 5.41) is 8.32. The first-order chi connectivity index (χ1) is 14.7. The van der Waals surface area contributed by atoms with Crippen LogP contribution in [0.2, 0.25) is 0 Å². The van der Waals surface area contributed by atoms with Gasteiger partial charge in [-0.15, -0.1) is 0 Å². The van der Waals surface area contributed by atoms with E-state index in [-0.39, 0.29) is 16.7 Å². The van der Waals surface area contributed by atoms with E-state index >= 15 is 0 Å². The number of hydrogen-bond acceptors (Lipinski definition) is 6. The predicted molar refractivity (Wildman–Crippen MR) is 112 cm³/mol. The van der Waals surface area contributed by atoms with E-state index in [4.69, 9.17) is 0 Å². The maximum atomic E-state index is 12.3. The topological polar surface area (TPSA) is 96.8 Å². The predicted octanol–water partition coefficient (Wildman–Crippen LogP) is 4.12. The lowest BCUT2D eigenvalue weighted by Gasteiger charge is -2.11. The van der Waals surface area contributed by atoms with E-state index in [1.165, 1.54) is 30.6 Å². The number of amides is 2. The fraction of sp³-hybridized carbons (Fsp3) is 0.263. The lowest BCUT2D eigenvalue weighted by atomic mass is 10.3. The summed E-state index contributed by atoms with van der Waals surface area (Å²) in [5.74, 6) is 1.27. The van der Waals surface area contributed by atoms with Crippen LogP contribution in [-0.2, 0) is 0 Å². The van der Waals surface area contributed by atoms with Gasteiger partial charge in [0.1, 0.15) is 24.3 Å². The number of halogens is 3. The van der Waals surface area contributed by atoms with Crippen molar-refractivity contribution in [2.24, 2.45) is 0 Å². The molecule has 0 fully saturated rings. The molecule has 0 spiro atoms. The van der Waals surface area contributed by atoms with Gasteiger partial charge in [-0.05, 0) is 49.9 Å². The Balaban J connectivity index is 1.44. The first kappa shape index (κ1) is 22.4. The Kier molecular flexibility index (Phi) is 7.00. The fourth-order valence-electron chi connectivity index (χ4n) is 2.59. The summed E-state index contributed by atoms with van der Waals surface area (Å²) in [7, 11) is 0. The van der Waals surface area contributed by atoms with Crippen LogP contribution in [-0.4, -0.2) is 44.1 Å². The third kappa shape index (κ3) is 6.60. The zero-order chi connectivity index (χ0) is 22.4. The van der Waals surface area contributed by atoms with Gasteiger partial charge in [0.05, 0.1) is 5.69 Å². The van der Waals surface area contributed by atoms with Crippen molar-refractivity contribution in [3.63, 3.8) is 0 Å². The van der Waals surface area contributed by atoms with Gasteiger partial charge in [0.25, 0.3) is 0 Å². The molecule has 0 atom stereocenters. The van der Waals surface area contributed by atoms with E-state index in [1.807, 2.05) is 18.4 Å². The molecule has 3 aromatic rings. The third-order valence-electron chi connectivity index (χ3n) is 4.21. The van der Waals surface area contributed by atoms with Crippen molar-refractivity contribution in [3.05, 3.63) is 54.4 Å². The number of nitrogens with one attached hydrogen (secondary N) is 3. The van der Waals surface area contributed by atoms with E-state index in [9.17, 15) is 18.0 Å². The van der Waals surface area contributed by atoms with Crippen molar-refractivity contribution in [2.45, 2.75) is 24.3 Å². The summed E-state index contributed by atoms with van der Waals surface area (Å²) < 4.78 is 38.9. The summed E-state index contributed by atoms with van der Waals surface area (Å²) in [4.78, 5) is 24.6. The van der Waals surface area contributed by atoms with E-state index in [1.54, 1.807) is 12.4 Å². The van der Waals surface area contributed by atoms with E-state index in [2.05, 4.69) is 30.9 Å². The summed E-state index contributed by atoms with van der Waals surface area (Å²) in [6, 6.07) is 6.72. The average Bonchev–Trinajstić information content (AvgIpc) is 3.05. The molecule has 1 aromatic carbocycles. The highest BCUT2D eigenvalue weighted by Gasteiger charge is 2.29. The van der Waals surface area contributed by atoms with Crippen molar-refractivity contribution in [2.75, 3.05) is 23.7 Å². The van der Waals surface area contributed by atoms with Crippen LogP contribution in [0, 0.1) is 13.8 Å². The van der Waals surface area contributed by atoms with E-state index < -0.39 is 11.5 Å². The molecule has 0 saturated heterocycles. The molecule has 8 nitrogen and oxygen atoms in total. The molecule has 2 aromatic heterocycles. The normalized spacial score (nSPS) is 11.3. The van der Waals surface area contributed by atoms with Gasteiger partial charge in [-0.2, -0.15) is 13.2 Å². The quantitative estimate of drug-likeness (QED) is 0.369. The zero-order valence-electron chi connectivity index (χ0n) is 16.7. The number of benzene rings is 1. The highest BCUT2D eigenvalue weighted by molar-refractivity contribution is 8.00. The number of nitrogens with zero attached hydrogens (tertiary/aromatic N) is 4. The second-order valence-corrected chi connectivity index (χ2v) is 7.57. The van der Waals surface area contributed by atoms with Gasteiger partial charge in [0.2, 0.25) is 0 Å². The number of imidazole rings is 1. The van der Waals surface area contributed by atoms with Crippen LogP contribution in [0.15, 0.2) is 47.9 Å². The zero-order valence-corrected chi connectivity index (χ0v) is 17.5. The van der Waals surface area contributed by atoms with Crippen LogP contribution in [0.4, 0.5) is 29.5 Å². The molecule has 31 heavy (non-hydrogen) atoms. The molecule has 0 aliphatic rings. The molecule has 0 bridgehead atoms. The number of hydrogen-bond donors (Lipinski definition) is 3. The first-order valence-corrected chi connectivity index (χ1v) is 10.0. The molecular formula is C19H20F3N7OS. The standard InChI is InChI=1S/C19H20F3N7OS/c1-12-13(2)29(11-27-12)17-9-16(25-10-26-17)23-7-8-24-18(30)28-14-3-5-15(6-4-14)31-19(20,21)22/h3-6,9-11H,7-8H2,1-2H3,(H,23,25,26)(H2,24,28,30). The lowest BCUT2D eigenvalue weighted by molar-refractivity contribution is -0.0328. The van der Waals surface area contributed by atoms with Crippen LogP contribution in [0.5, 0.6) is 0 Å². The van der Waals surface area contributed by atoms with Gasteiger partial charge in [0.15, 0.2) is 0 Å². The maximum Gasteiger partial charge on any atom is 0.446 e. The van der Waals surface area contributed by atoms with Gasteiger partial charge >= 0.3 is 11.5 Å². The van der Waals surface area contributed by atoms with Crippen LogP contribution in [0.25, 0.3) is 5.82 Å².